The van der Waals surface area contributed by atoms with E-state index in [9.17, 15) is 48.1 Å². The van der Waals surface area contributed by atoms with Gasteiger partial charge in [0.1, 0.15) is 30.5 Å². The molecule has 366 valence electrons. The van der Waals surface area contributed by atoms with Gasteiger partial charge in [0.05, 0.1) is 13.2 Å². The first-order valence-corrected chi connectivity index (χ1v) is 25.1. The summed E-state index contributed by atoms with van der Waals surface area (Å²) in [6, 6.07) is 0. The minimum atomic E-state index is -5.54. The van der Waals surface area contributed by atoms with Crippen LogP contribution in [0.3, 0.4) is 0 Å². The van der Waals surface area contributed by atoms with Gasteiger partial charge >= 0.3 is 41.5 Å². The van der Waals surface area contributed by atoms with Crippen molar-refractivity contribution >= 4 is 22.3 Å². The van der Waals surface area contributed by atoms with Gasteiger partial charge in [0, 0.05) is 19.4 Å². The van der Waals surface area contributed by atoms with E-state index in [4.69, 9.17) is 28.8 Å². The van der Waals surface area contributed by atoms with E-state index in [2.05, 4.69) is 11.1 Å². The van der Waals surface area contributed by atoms with E-state index in [0.717, 1.165) is 83.5 Å². The number of esters is 2. The van der Waals surface area contributed by atoms with E-state index in [1.165, 1.54) is 70.6 Å². The van der Waals surface area contributed by atoms with Crippen LogP contribution in [0.5, 0.6) is 0 Å². The number of aliphatic hydroxyl groups is 6. The molecule has 0 aromatic carbocycles. The minimum absolute atomic E-state index is 0. The number of carbonyl (C=O) groups is 2. The molecule has 0 aromatic rings. The van der Waals surface area contributed by atoms with Gasteiger partial charge < -0.3 is 58.9 Å². The Labute approximate surface area is 398 Å². The van der Waals surface area contributed by atoms with Crippen molar-refractivity contribution in [3.8, 4) is 0 Å². The zero-order valence-electron chi connectivity index (χ0n) is 38.3. The Morgan fingerprint density at radius 2 is 0.857 bits per heavy atom. The molecule has 0 spiro atoms. The molecular weight excluding hydrogens is 856 g/mol. The second kappa shape index (κ2) is 36.5. The van der Waals surface area contributed by atoms with Crippen molar-refractivity contribution in [2.24, 2.45) is 0 Å². The van der Waals surface area contributed by atoms with Crippen LogP contribution in [0, 0.1) is 0 Å². The molecule has 0 radical (unpaired) electrons. The molecule has 10 atom stereocenters. The van der Waals surface area contributed by atoms with E-state index in [1.54, 1.807) is 0 Å². The number of aliphatic hydroxyl groups excluding tert-OH is 6. The largest absolute Gasteiger partial charge is 1.00 e. The summed E-state index contributed by atoms with van der Waals surface area (Å²) in [5, 5.41) is 61.0. The third kappa shape index (κ3) is 26.0. The molecule has 2 rings (SSSR count). The van der Waals surface area contributed by atoms with Gasteiger partial charge in [-0.2, -0.15) is 0 Å². The number of hydrogen-bond acceptors (Lipinski definition) is 17. The molecule has 63 heavy (non-hydrogen) atoms. The molecule has 17 nitrogen and oxygen atoms in total. The van der Waals surface area contributed by atoms with Crippen molar-refractivity contribution in [2.45, 2.75) is 248 Å². The first kappa shape index (κ1) is 60.5. The van der Waals surface area contributed by atoms with E-state index in [-0.39, 0.29) is 49.0 Å². The van der Waals surface area contributed by atoms with Gasteiger partial charge in [0.15, 0.2) is 24.6 Å². The van der Waals surface area contributed by atoms with Crippen molar-refractivity contribution in [1.29, 1.82) is 0 Å². The summed E-state index contributed by atoms with van der Waals surface area (Å²) in [5.41, 5.74) is 0. The van der Waals surface area contributed by atoms with E-state index < -0.39 is 97.0 Å². The first-order valence-electron chi connectivity index (χ1n) is 23.7. The fourth-order valence-electron chi connectivity index (χ4n) is 7.98. The third-order valence-electron chi connectivity index (χ3n) is 11.7. The summed E-state index contributed by atoms with van der Waals surface area (Å²) in [5.74, 6) is -1.48. The molecule has 2 saturated heterocycles. The standard InChI is InChI=1S/C44H82O17S.Na/c1-2-3-4-5-6-7-8-10-13-17-20-23-26-29-36(49)59-42-40(58-35(48)28-25-22-19-16-14-11-9-12-15-18-21-24-27-30-45)38(51)34(32-47)57-44(42)60-43-41(61-62(53,54)55)39(52)37(50)33(31-46)56-43;/h33-34,37-47,50-52H,2-32H2,1H3,(H,53,54,55);/q;+1/p-1/t33-,34-,37-,38-,39+,40+,41-,42-,43-,44-;/m1./s1. The minimum Gasteiger partial charge on any atom is -0.726 e. The van der Waals surface area contributed by atoms with Gasteiger partial charge in [0.2, 0.25) is 16.7 Å². The maximum Gasteiger partial charge on any atom is 1.00 e. The SMILES string of the molecule is CCCCCCCCCCCCCCCC(=O)O[C@H]1[C@@H](O[C@H]2O[C@H](CO)[C@@H](O)[C@H](O)[C@H]2OS(=O)(=O)[O-])O[C@H](CO)[C@@H](O)[C@@H]1OC(=O)CCCCCCCCCCCCCCCO.[Na+]. The van der Waals surface area contributed by atoms with Crippen LogP contribution < -0.4 is 29.6 Å². The number of ether oxygens (including phenoxy) is 5. The van der Waals surface area contributed by atoms with Gasteiger partial charge in [-0.25, -0.2) is 8.42 Å². The summed E-state index contributed by atoms with van der Waals surface area (Å²) in [4.78, 5) is 26.5. The number of carbonyl (C=O) groups excluding carboxylic acids is 2. The molecule has 0 amide bonds. The van der Waals surface area contributed by atoms with Crippen LogP contribution in [0.4, 0.5) is 0 Å². The number of unbranched alkanes of at least 4 members (excludes halogenated alkanes) is 24. The summed E-state index contributed by atoms with van der Waals surface area (Å²) >= 11 is 0. The Balaban J connectivity index is 0.0000198. The number of hydrogen-bond donors (Lipinski definition) is 6. The smallest absolute Gasteiger partial charge is 0.726 e. The van der Waals surface area contributed by atoms with Gasteiger partial charge in [-0.3, -0.25) is 13.8 Å². The van der Waals surface area contributed by atoms with Gasteiger partial charge in [-0.1, -0.05) is 155 Å². The van der Waals surface area contributed by atoms with Crippen molar-refractivity contribution in [3.05, 3.63) is 0 Å². The summed E-state index contributed by atoms with van der Waals surface area (Å²) in [6.07, 6.45) is 9.09. The first-order chi connectivity index (χ1) is 29.9. The quantitative estimate of drug-likeness (QED) is 0.0171. The molecule has 2 aliphatic rings. The Hall–Kier alpha value is -0.550. The molecule has 6 N–H and O–H groups in total. The molecule has 0 unspecified atom stereocenters. The maximum absolute atomic E-state index is 13.3. The predicted molar refractivity (Wildman–Crippen MR) is 227 cm³/mol. The summed E-state index contributed by atoms with van der Waals surface area (Å²) in [6.45, 7) is 0.744. The van der Waals surface area contributed by atoms with Gasteiger partial charge in [-0.15, -0.1) is 0 Å². The zero-order valence-corrected chi connectivity index (χ0v) is 41.1. The zero-order chi connectivity index (χ0) is 45.6. The van der Waals surface area contributed by atoms with Gasteiger partial charge in [-0.05, 0) is 19.3 Å². The van der Waals surface area contributed by atoms with E-state index in [1.807, 2.05) is 0 Å². The fraction of sp³-hybridized carbons (Fsp3) is 0.955. The summed E-state index contributed by atoms with van der Waals surface area (Å²) in [7, 11) is -5.54. The molecule has 0 aromatic heterocycles. The molecule has 0 bridgehead atoms. The average Bonchev–Trinajstić information content (AvgIpc) is 3.24. The Morgan fingerprint density at radius 3 is 1.24 bits per heavy atom. The second-order valence-corrected chi connectivity index (χ2v) is 18.0. The van der Waals surface area contributed by atoms with Crippen molar-refractivity contribution in [3.63, 3.8) is 0 Å². The molecule has 0 aliphatic carbocycles. The third-order valence-corrected chi connectivity index (χ3v) is 12.1. The monoisotopic (exact) mass is 937 g/mol. The maximum atomic E-state index is 13.3. The number of rotatable bonds is 37. The van der Waals surface area contributed by atoms with Crippen LogP contribution in [-0.2, 0) is 47.9 Å². The van der Waals surface area contributed by atoms with Crippen molar-refractivity contribution in [2.75, 3.05) is 19.8 Å². The fourth-order valence-corrected chi connectivity index (χ4v) is 8.46. The van der Waals surface area contributed by atoms with Crippen molar-refractivity contribution < 1.29 is 111 Å². The normalized spacial score (nSPS) is 26.3. The Morgan fingerprint density at radius 1 is 0.508 bits per heavy atom. The topological polar surface area (TPSA) is 268 Å². The molecule has 2 fully saturated rings. The van der Waals surface area contributed by atoms with E-state index >= 15 is 0 Å². The van der Waals surface area contributed by atoms with Crippen LogP contribution in [0.25, 0.3) is 0 Å². The second-order valence-electron chi connectivity index (χ2n) is 17.0. The van der Waals surface area contributed by atoms with Crippen LogP contribution in [0.1, 0.15) is 187 Å². The Bertz CT molecular complexity index is 1270. The molecule has 2 heterocycles. The van der Waals surface area contributed by atoms with Crippen LogP contribution in [0.2, 0.25) is 0 Å². The van der Waals surface area contributed by atoms with Crippen LogP contribution in [-0.4, -0.2) is 137 Å². The molecular formula is C44H81NaO17S. The predicted octanol–water partition coefficient (Wildman–Crippen LogP) is 2.13. The van der Waals surface area contributed by atoms with Gasteiger partial charge in [0.25, 0.3) is 0 Å². The summed E-state index contributed by atoms with van der Waals surface area (Å²) < 4.78 is 67.7. The van der Waals surface area contributed by atoms with Crippen molar-refractivity contribution in [1.82, 2.24) is 0 Å². The molecule has 2 aliphatic heterocycles. The Kier molecular flexibility index (Phi) is 35.0. The van der Waals surface area contributed by atoms with Crippen LogP contribution >= 0.6 is 0 Å². The molecule has 19 heteroatoms. The molecule has 0 saturated carbocycles. The van der Waals surface area contributed by atoms with Crippen LogP contribution in [0.15, 0.2) is 0 Å². The van der Waals surface area contributed by atoms with E-state index in [0.29, 0.717) is 12.8 Å². The average molecular weight is 937 g/mol.